The van der Waals surface area contributed by atoms with Crippen molar-refractivity contribution in [1.82, 2.24) is 5.32 Å². The van der Waals surface area contributed by atoms with Crippen molar-refractivity contribution in [2.75, 3.05) is 13.2 Å². The van der Waals surface area contributed by atoms with Crippen LogP contribution in [-0.2, 0) is 14.3 Å². The molecule has 3 N–H and O–H groups in total. The molecule has 2 atom stereocenters. The second-order valence-corrected chi connectivity index (χ2v) is 21.7. The van der Waals surface area contributed by atoms with E-state index >= 15 is 0 Å². The van der Waals surface area contributed by atoms with Crippen molar-refractivity contribution in [3.05, 3.63) is 36.5 Å². The van der Waals surface area contributed by atoms with Gasteiger partial charge in [0, 0.05) is 12.8 Å². The zero-order chi connectivity index (χ0) is 51.4. The maximum absolute atomic E-state index is 12.5. The molecule has 0 aliphatic heterocycles. The quantitative estimate of drug-likeness (QED) is 0.0321. The van der Waals surface area contributed by atoms with Crippen LogP contribution in [0.1, 0.15) is 341 Å². The zero-order valence-electron chi connectivity index (χ0n) is 47.7. The van der Waals surface area contributed by atoms with Gasteiger partial charge in [0.05, 0.1) is 25.4 Å². The summed E-state index contributed by atoms with van der Waals surface area (Å²) in [7, 11) is 0. The summed E-state index contributed by atoms with van der Waals surface area (Å²) in [6.45, 7) is 4.86. The van der Waals surface area contributed by atoms with Gasteiger partial charge in [-0.1, -0.05) is 294 Å². The maximum Gasteiger partial charge on any atom is 0.305 e. The van der Waals surface area contributed by atoms with Crippen molar-refractivity contribution in [2.24, 2.45) is 0 Å². The Morgan fingerprint density at radius 2 is 0.704 bits per heavy atom. The van der Waals surface area contributed by atoms with Gasteiger partial charge in [-0.05, 0) is 70.6 Å². The number of amides is 1. The Labute approximate surface area is 443 Å². The highest BCUT2D eigenvalue weighted by Crippen LogP contribution is 2.18. The Morgan fingerprint density at radius 1 is 0.394 bits per heavy atom. The molecule has 0 spiro atoms. The molecule has 2 unspecified atom stereocenters. The minimum atomic E-state index is -0.668. The third-order valence-corrected chi connectivity index (χ3v) is 14.7. The van der Waals surface area contributed by atoms with Crippen LogP contribution in [0, 0.1) is 0 Å². The molecule has 0 rings (SSSR count). The van der Waals surface area contributed by atoms with Crippen molar-refractivity contribution < 1.29 is 24.5 Å². The lowest BCUT2D eigenvalue weighted by Gasteiger charge is -2.22. The zero-order valence-corrected chi connectivity index (χ0v) is 47.7. The van der Waals surface area contributed by atoms with E-state index in [0.717, 1.165) is 51.4 Å². The third kappa shape index (κ3) is 57.2. The first kappa shape index (κ1) is 69.1. The average Bonchev–Trinajstić information content (AvgIpc) is 3.37. The highest BCUT2D eigenvalue weighted by molar-refractivity contribution is 5.76. The normalized spacial score (nSPS) is 12.8. The van der Waals surface area contributed by atoms with E-state index < -0.39 is 12.1 Å². The Hall–Kier alpha value is -1.92. The Bertz CT molecular complexity index is 1150. The van der Waals surface area contributed by atoms with Gasteiger partial charge in [-0.3, -0.25) is 9.59 Å². The third-order valence-electron chi connectivity index (χ3n) is 14.7. The fourth-order valence-corrected chi connectivity index (χ4v) is 9.83. The van der Waals surface area contributed by atoms with Gasteiger partial charge in [0.15, 0.2) is 0 Å². The van der Waals surface area contributed by atoms with Gasteiger partial charge >= 0.3 is 5.97 Å². The number of carbonyl (C=O) groups excluding carboxylic acids is 2. The van der Waals surface area contributed by atoms with Gasteiger partial charge in [-0.15, -0.1) is 0 Å². The molecule has 0 saturated carbocycles. The van der Waals surface area contributed by atoms with Crippen molar-refractivity contribution in [2.45, 2.75) is 353 Å². The van der Waals surface area contributed by atoms with Crippen LogP contribution in [0.5, 0.6) is 0 Å². The molecule has 418 valence electrons. The molecule has 0 aromatic heterocycles. The number of nitrogens with one attached hydrogen (secondary N) is 1. The molecule has 71 heavy (non-hydrogen) atoms. The van der Waals surface area contributed by atoms with Crippen LogP contribution in [0.3, 0.4) is 0 Å². The van der Waals surface area contributed by atoms with Gasteiger partial charge < -0.3 is 20.3 Å². The molecule has 0 aliphatic rings. The lowest BCUT2D eigenvalue weighted by Crippen LogP contribution is -2.45. The highest BCUT2D eigenvalue weighted by atomic mass is 16.5. The summed E-state index contributed by atoms with van der Waals surface area (Å²) >= 11 is 0. The number of rotatable bonds is 59. The van der Waals surface area contributed by atoms with Gasteiger partial charge in [0.1, 0.15) is 0 Å². The van der Waals surface area contributed by atoms with E-state index in [4.69, 9.17) is 4.74 Å². The van der Waals surface area contributed by atoms with Crippen LogP contribution < -0.4 is 5.32 Å². The molecule has 0 saturated heterocycles. The predicted molar refractivity (Wildman–Crippen MR) is 310 cm³/mol. The Balaban J connectivity index is 3.44. The van der Waals surface area contributed by atoms with E-state index in [0.29, 0.717) is 25.9 Å². The number of carbonyl (C=O) groups is 2. The molecule has 1 amide bonds. The van der Waals surface area contributed by atoms with Crippen LogP contribution in [0.25, 0.3) is 0 Å². The number of hydrogen-bond donors (Lipinski definition) is 3. The summed E-state index contributed by atoms with van der Waals surface area (Å²) in [5, 5.41) is 23.3. The predicted octanol–water partition coefficient (Wildman–Crippen LogP) is 20.0. The lowest BCUT2D eigenvalue weighted by atomic mass is 10.0. The molecule has 0 bridgehead atoms. The van der Waals surface area contributed by atoms with Gasteiger partial charge in [0.25, 0.3) is 0 Å². The van der Waals surface area contributed by atoms with Crippen molar-refractivity contribution in [3.8, 4) is 0 Å². The summed E-state index contributed by atoms with van der Waals surface area (Å²) < 4.78 is 5.43. The SMILES string of the molecule is CCCCCCCCC/C=C\CCCCCCCCCC(=O)OCC/C=C\C/C=C\CCCCCCCCCCCCCCCCC(=O)NC(CO)C(O)CCCCCCCCCCCCCCCCC. The molecule has 0 heterocycles. The van der Waals surface area contributed by atoms with E-state index in [9.17, 15) is 19.8 Å². The van der Waals surface area contributed by atoms with Crippen molar-refractivity contribution >= 4 is 11.9 Å². The average molecular weight is 999 g/mol. The summed E-state index contributed by atoms with van der Waals surface area (Å²) in [5.74, 6) is -0.0761. The Morgan fingerprint density at radius 3 is 1.08 bits per heavy atom. The molecule has 0 aromatic rings. The molecule has 6 heteroatoms. The lowest BCUT2D eigenvalue weighted by molar-refractivity contribution is -0.143. The molecule has 0 aromatic carbocycles. The van der Waals surface area contributed by atoms with E-state index in [2.05, 4.69) is 55.6 Å². The second kappa shape index (κ2) is 60.6. The largest absolute Gasteiger partial charge is 0.465 e. The second-order valence-electron chi connectivity index (χ2n) is 21.7. The van der Waals surface area contributed by atoms with Gasteiger partial charge in [0.2, 0.25) is 5.91 Å². The summed E-state index contributed by atoms with van der Waals surface area (Å²) in [6, 6.07) is -0.546. The van der Waals surface area contributed by atoms with Crippen molar-refractivity contribution in [3.63, 3.8) is 0 Å². The van der Waals surface area contributed by atoms with E-state index in [1.807, 2.05) is 0 Å². The number of ether oxygens (including phenoxy) is 1. The van der Waals surface area contributed by atoms with Crippen LogP contribution in [0.2, 0.25) is 0 Å². The van der Waals surface area contributed by atoms with Crippen molar-refractivity contribution in [1.29, 1.82) is 0 Å². The van der Waals surface area contributed by atoms with Crippen LogP contribution in [-0.4, -0.2) is 47.4 Å². The number of aliphatic hydroxyl groups is 2. The molecule has 6 nitrogen and oxygen atoms in total. The standard InChI is InChI=1S/C65H123NO5/c1-3-5-7-9-11-13-15-17-19-20-27-31-35-39-43-47-51-55-59-65(70)71-60-56-52-48-44-40-36-32-28-25-23-21-22-24-26-30-34-38-42-46-50-54-58-64(69)66-62(61-67)63(68)57-53-49-45-41-37-33-29-18-16-14-12-10-8-6-4-2/h19-20,36,40,48,52,62-63,67-68H,3-18,21-35,37-39,41-47,49-51,53-61H2,1-2H3,(H,66,69)/b20-19-,40-36-,52-48-. The minimum Gasteiger partial charge on any atom is -0.465 e. The number of esters is 1. The first-order valence-electron chi connectivity index (χ1n) is 31.7. The number of allylic oxidation sites excluding steroid dienone is 5. The fourth-order valence-electron chi connectivity index (χ4n) is 9.83. The van der Waals surface area contributed by atoms with Crippen LogP contribution in [0.15, 0.2) is 36.5 Å². The smallest absolute Gasteiger partial charge is 0.305 e. The van der Waals surface area contributed by atoms with E-state index in [1.165, 1.54) is 257 Å². The molecular weight excluding hydrogens is 875 g/mol. The molecule has 0 aliphatic carbocycles. The summed E-state index contributed by atoms with van der Waals surface area (Å²) in [6.07, 6.45) is 76.0. The first-order chi connectivity index (χ1) is 35.0. The fraction of sp³-hybridized carbons (Fsp3) is 0.877. The van der Waals surface area contributed by atoms with Crippen LogP contribution >= 0.6 is 0 Å². The Kier molecular flexibility index (Phi) is 59.0. The summed E-state index contributed by atoms with van der Waals surface area (Å²) in [5.41, 5.74) is 0. The number of unbranched alkanes of at least 4 members (excludes halogenated alkanes) is 42. The topological polar surface area (TPSA) is 95.9 Å². The molecule has 0 radical (unpaired) electrons. The highest BCUT2D eigenvalue weighted by Gasteiger charge is 2.20. The minimum absolute atomic E-state index is 0.0378. The van der Waals surface area contributed by atoms with Gasteiger partial charge in [-0.2, -0.15) is 0 Å². The summed E-state index contributed by atoms with van der Waals surface area (Å²) in [4.78, 5) is 24.5. The molecular formula is C65H123NO5. The monoisotopic (exact) mass is 998 g/mol. The first-order valence-corrected chi connectivity index (χ1v) is 31.7. The molecule has 0 fully saturated rings. The van der Waals surface area contributed by atoms with E-state index in [1.54, 1.807) is 0 Å². The van der Waals surface area contributed by atoms with E-state index in [-0.39, 0.29) is 18.5 Å². The van der Waals surface area contributed by atoms with Gasteiger partial charge in [-0.25, -0.2) is 0 Å². The maximum atomic E-state index is 12.5. The number of hydrogen-bond acceptors (Lipinski definition) is 5. The number of aliphatic hydroxyl groups excluding tert-OH is 2. The van der Waals surface area contributed by atoms with Crippen LogP contribution in [0.4, 0.5) is 0 Å².